The summed E-state index contributed by atoms with van der Waals surface area (Å²) in [5.74, 6) is 0.212. The van der Waals surface area contributed by atoms with E-state index in [0.29, 0.717) is 17.8 Å². The van der Waals surface area contributed by atoms with Crippen LogP contribution in [0.2, 0.25) is 0 Å². The van der Waals surface area contributed by atoms with Crippen LogP contribution in [-0.2, 0) is 11.2 Å². The molecule has 1 saturated carbocycles. The van der Waals surface area contributed by atoms with E-state index in [-0.39, 0.29) is 24.1 Å². The number of nitrogens with zero attached hydrogens (tertiary/aromatic N) is 1. The number of nitro benzene ring substituents is 1. The van der Waals surface area contributed by atoms with Gasteiger partial charge in [-0.1, -0.05) is 6.42 Å². The summed E-state index contributed by atoms with van der Waals surface area (Å²) >= 11 is 0. The first-order valence-electron chi connectivity index (χ1n) is 8.22. The Kier molecular flexibility index (Phi) is 4.80. The van der Waals surface area contributed by atoms with Gasteiger partial charge in [-0.15, -0.1) is 0 Å². The van der Waals surface area contributed by atoms with E-state index in [1.165, 1.54) is 12.1 Å². The van der Waals surface area contributed by atoms with E-state index in [1.54, 1.807) is 12.3 Å². The number of aromatic amines is 1. The average Bonchev–Trinajstić information content (AvgIpc) is 2.95. The number of fused-ring (bicyclic) bond motifs is 1. The Hall–Kier alpha value is -2.41. The minimum Gasteiger partial charge on any atom is -0.393 e. The molecule has 0 radical (unpaired) electrons. The highest BCUT2D eigenvalue weighted by atomic mass is 16.6. The van der Waals surface area contributed by atoms with Crippen LogP contribution in [0.3, 0.4) is 0 Å². The molecule has 1 aliphatic carbocycles. The number of aromatic nitrogens is 1. The van der Waals surface area contributed by atoms with E-state index < -0.39 is 4.92 Å². The van der Waals surface area contributed by atoms with Gasteiger partial charge in [0.1, 0.15) is 0 Å². The third-order valence-electron chi connectivity index (χ3n) is 4.66. The highest BCUT2D eigenvalue weighted by molar-refractivity contribution is 5.90. The molecule has 1 aromatic heterocycles. The van der Waals surface area contributed by atoms with E-state index in [4.69, 9.17) is 0 Å². The van der Waals surface area contributed by atoms with Crippen molar-refractivity contribution in [3.05, 3.63) is 40.1 Å². The van der Waals surface area contributed by atoms with Gasteiger partial charge in [0.05, 0.1) is 17.4 Å². The van der Waals surface area contributed by atoms with Gasteiger partial charge >= 0.3 is 0 Å². The number of carbonyl (C=O) groups excluding carboxylic acids is 1. The normalized spacial score (nSPS) is 20.9. The second-order valence-corrected chi connectivity index (χ2v) is 6.47. The monoisotopic (exact) mass is 331 g/mol. The quantitative estimate of drug-likeness (QED) is 0.577. The molecule has 7 nitrogen and oxygen atoms in total. The Labute approximate surface area is 139 Å². The summed E-state index contributed by atoms with van der Waals surface area (Å²) in [4.78, 5) is 25.7. The number of H-pyrrole nitrogens is 1. The molecule has 1 amide bonds. The lowest BCUT2D eigenvalue weighted by molar-refractivity contribution is -0.384. The van der Waals surface area contributed by atoms with Crippen molar-refractivity contribution in [2.45, 2.75) is 38.2 Å². The maximum Gasteiger partial charge on any atom is 0.270 e. The average molecular weight is 331 g/mol. The Balaban J connectivity index is 1.62. The minimum atomic E-state index is -0.440. The number of aliphatic hydroxyl groups is 1. The van der Waals surface area contributed by atoms with Crippen molar-refractivity contribution in [3.8, 4) is 0 Å². The van der Waals surface area contributed by atoms with E-state index in [0.717, 1.165) is 36.8 Å². The first kappa shape index (κ1) is 16.4. The summed E-state index contributed by atoms with van der Waals surface area (Å²) in [7, 11) is 0. The van der Waals surface area contributed by atoms with Gasteiger partial charge in [-0.2, -0.15) is 0 Å². The fourth-order valence-electron chi connectivity index (χ4n) is 3.37. The van der Waals surface area contributed by atoms with Gasteiger partial charge < -0.3 is 15.4 Å². The molecule has 1 aromatic carbocycles. The number of nitro groups is 1. The summed E-state index contributed by atoms with van der Waals surface area (Å²) in [5, 5.41) is 24.2. The number of aliphatic hydroxyl groups excluding tert-OH is 1. The highest BCUT2D eigenvalue weighted by Gasteiger charge is 2.21. The summed E-state index contributed by atoms with van der Waals surface area (Å²) < 4.78 is 0. The first-order valence-corrected chi connectivity index (χ1v) is 8.22. The van der Waals surface area contributed by atoms with Crippen LogP contribution >= 0.6 is 0 Å². The van der Waals surface area contributed by atoms with Gasteiger partial charge in [0, 0.05) is 35.8 Å². The van der Waals surface area contributed by atoms with Crippen molar-refractivity contribution < 1.29 is 14.8 Å². The number of hydrogen-bond acceptors (Lipinski definition) is 4. The van der Waals surface area contributed by atoms with Gasteiger partial charge in [0.25, 0.3) is 5.69 Å². The van der Waals surface area contributed by atoms with Crippen molar-refractivity contribution in [2.24, 2.45) is 5.92 Å². The zero-order valence-corrected chi connectivity index (χ0v) is 13.3. The molecule has 3 rings (SSSR count). The van der Waals surface area contributed by atoms with Crippen LogP contribution < -0.4 is 5.32 Å². The standard InChI is InChI=1S/C17H21N3O4/c21-14-3-1-2-11(6-14)9-19-17(22)7-12-10-18-16-5-4-13(20(23)24)8-15(12)16/h4-5,8,10-11,14,18,21H,1-3,6-7,9H2,(H,19,22). The van der Waals surface area contributed by atoms with Crippen molar-refractivity contribution in [1.82, 2.24) is 10.3 Å². The molecule has 0 saturated heterocycles. The van der Waals surface area contributed by atoms with Crippen LogP contribution in [-0.4, -0.2) is 33.6 Å². The number of benzene rings is 1. The van der Waals surface area contributed by atoms with E-state index >= 15 is 0 Å². The maximum atomic E-state index is 12.2. The molecular weight excluding hydrogens is 310 g/mol. The first-order chi connectivity index (χ1) is 11.5. The molecule has 0 spiro atoms. The minimum absolute atomic E-state index is 0.0138. The predicted octanol–water partition coefficient (Wildman–Crippen LogP) is 2.29. The highest BCUT2D eigenvalue weighted by Crippen LogP contribution is 2.25. The molecule has 3 N–H and O–H groups in total. The lowest BCUT2D eigenvalue weighted by atomic mass is 9.87. The van der Waals surface area contributed by atoms with Gasteiger partial charge in [-0.05, 0) is 36.8 Å². The Bertz CT molecular complexity index is 755. The molecule has 2 atom stereocenters. The van der Waals surface area contributed by atoms with Crippen LogP contribution in [0.15, 0.2) is 24.4 Å². The second kappa shape index (κ2) is 7.00. The lowest BCUT2D eigenvalue weighted by Gasteiger charge is -2.25. The molecule has 1 fully saturated rings. The molecule has 2 unspecified atom stereocenters. The second-order valence-electron chi connectivity index (χ2n) is 6.47. The number of rotatable bonds is 5. The van der Waals surface area contributed by atoms with E-state index in [2.05, 4.69) is 10.3 Å². The molecule has 1 aliphatic rings. The summed E-state index contributed by atoms with van der Waals surface area (Å²) in [6.45, 7) is 0.568. The van der Waals surface area contributed by atoms with Crippen LogP contribution in [0.5, 0.6) is 0 Å². The third kappa shape index (κ3) is 3.73. The molecule has 0 aliphatic heterocycles. The largest absolute Gasteiger partial charge is 0.393 e. The molecule has 7 heteroatoms. The van der Waals surface area contributed by atoms with Crippen molar-refractivity contribution in [3.63, 3.8) is 0 Å². The number of hydrogen-bond donors (Lipinski definition) is 3. The van der Waals surface area contributed by atoms with Crippen molar-refractivity contribution in [2.75, 3.05) is 6.54 Å². The SMILES string of the molecule is O=C(Cc1c[nH]c2ccc([N+](=O)[O-])cc12)NCC1CCCC(O)C1. The summed E-state index contributed by atoms with van der Waals surface area (Å²) in [6.07, 6.45) is 5.24. The molecule has 2 aromatic rings. The third-order valence-corrected chi connectivity index (χ3v) is 4.66. The predicted molar refractivity (Wildman–Crippen MR) is 89.6 cm³/mol. The molecule has 0 bridgehead atoms. The Morgan fingerprint density at radius 1 is 1.42 bits per heavy atom. The van der Waals surface area contributed by atoms with E-state index in [1.807, 2.05) is 0 Å². The van der Waals surface area contributed by atoms with Gasteiger partial charge in [0.2, 0.25) is 5.91 Å². The number of carbonyl (C=O) groups is 1. The molecule has 24 heavy (non-hydrogen) atoms. The van der Waals surface area contributed by atoms with Gasteiger partial charge in [0.15, 0.2) is 0 Å². The number of nitrogens with one attached hydrogen (secondary N) is 2. The smallest absolute Gasteiger partial charge is 0.270 e. The fraction of sp³-hybridized carbons (Fsp3) is 0.471. The number of non-ortho nitro benzene ring substituents is 1. The Morgan fingerprint density at radius 3 is 3.00 bits per heavy atom. The summed E-state index contributed by atoms with van der Waals surface area (Å²) in [5.41, 5.74) is 1.54. The molecule has 128 valence electrons. The molecular formula is C17H21N3O4. The maximum absolute atomic E-state index is 12.2. The molecule has 1 heterocycles. The van der Waals surface area contributed by atoms with Crippen molar-refractivity contribution >= 4 is 22.5 Å². The zero-order valence-electron chi connectivity index (χ0n) is 13.3. The van der Waals surface area contributed by atoms with E-state index in [9.17, 15) is 20.0 Å². The number of amides is 1. The van der Waals surface area contributed by atoms with Crippen LogP contribution in [0, 0.1) is 16.0 Å². The summed E-state index contributed by atoms with van der Waals surface area (Å²) in [6, 6.07) is 4.58. The topological polar surface area (TPSA) is 108 Å². The van der Waals surface area contributed by atoms with Crippen LogP contribution in [0.25, 0.3) is 10.9 Å². The van der Waals surface area contributed by atoms with Crippen LogP contribution in [0.4, 0.5) is 5.69 Å². The zero-order chi connectivity index (χ0) is 17.1. The lowest BCUT2D eigenvalue weighted by Crippen LogP contribution is -2.33. The van der Waals surface area contributed by atoms with Crippen LogP contribution in [0.1, 0.15) is 31.2 Å². The van der Waals surface area contributed by atoms with Gasteiger partial charge in [-0.25, -0.2) is 0 Å². The van der Waals surface area contributed by atoms with Gasteiger partial charge in [-0.3, -0.25) is 14.9 Å². The Morgan fingerprint density at radius 2 is 2.25 bits per heavy atom. The fourth-order valence-corrected chi connectivity index (χ4v) is 3.37. The van der Waals surface area contributed by atoms with Crippen molar-refractivity contribution in [1.29, 1.82) is 0 Å².